The minimum Gasteiger partial charge on any atom is -0.494 e. The number of ether oxygens (including phenoxy) is 5. The molecule has 0 saturated carbocycles. The molecule has 51 heavy (non-hydrogen) atoms. The van der Waals surface area contributed by atoms with Gasteiger partial charge in [0.05, 0.1) is 36.4 Å². The smallest absolute Gasteiger partial charge is 0.243 e. The van der Waals surface area contributed by atoms with Crippen molar-refractivity contribution in [3.05, 3.63) is 83.4 Å². The van der Waals surface area contributed by atoms with Crippen molar-refractivity contribution < 1.29 is 36.9 Å². The van der Waals surface area contributed by atoms with Gasteiger partial charge in [-0.25, -0.2) is 8.42 Å². The number of sulfonamides is 1. The minimum absolute atomic E-state index is 0.159. The molecule has 0 unspecified atom stereocenters. The minimum atomic E-state index is -3.85. The van der Waals surface area contributed by atoms with Gasteiger partial charge < -0.3 is 33.9 Å². The molecule has 2 aliphatic heterocycles. The van der Waals surface area contributed by atoms with Gasteiger partial charge in [-0.15, -0.1) is 0 Å². The topological polar surface area (TPSA) is 116 Å². The van der Waals surface area contributed by atoms with Crippen molar-refractivity contribution in [2.45, 2.75) is 56.6 Å². The summed E-state index contributed by atoms with van der Waals surface area (Å²) in [4.78, 5) is 14.7. The number of anilines is 1. The predicted octanol–water partition coefficient (Wildman–Crippen LogP) is 5.16. The van der Waals surface area contributed by atoms with Crippen molar-refractivity contribution in [3.8, 4) is 11.5 Å². The number of amides is 1. The molecule has 11 nitrogen and oxygen atoms in total. The summed E-state index contributed by atoms with van der Waals surface area (Å²) in [7, 11) is -0.443. The van der Waals surface area contributed by atoms with Gasteiger partial charge in [0.2, 0.25) is 15.9 Å². The summed E-state index contributed by atoms with van der Waals surface area (Å²) in [6.45, 7) is 8.59. The lowest BCUT2D eigenvalue weighted by atomic mass is 9.79. The number of benzene rings is 3. The molecule has 0 aromatic heterocycles. The molecule has 2 heterocycles. The van der Waals surface area contributed by atoms with E-state index in [9.17, 15) is 13.2 Å². The van der Waals surface area contributed by atoms with Crippen molar-refractivity contribution in [3.63, 3.8) is 0 Å². The summed E-state index contributed by atoms with van der Waals surface area (Å²) in [5, 5.41) is 2.97. The van der Waals surface area contributed by atoms with Crippen molar-refractivity contribution in [1.29, 1.82) is 0 Å². The number of carbonyl (C=O) groups excluding carboxylic acids is 1. The third kappa shape index (κ3) is 10.4. The number of aryl methyl sites for hydroxylation is 1. The molecule has 1 amide bonds. The number of hydrogen-bond donors (Lipinski definition) is 1. The Morgan fingerprint density at radius 1 is 0.922 bits per heavy atom. The molecule has 2 aliphatic rings. The summed E-state index contributed by atoms with van der Waals surface area (Å²) in [6, 6.07) is 21.0. The molecule has 12 heteroatoms. The molecule has 3 aromatic carbocycles. The maximum Gasteiger partial charge on any atom is 0.243 e. The van der Waals surface area contributed by atoms with E-state index in [2.05, 4.69) is 16.3 Å². The molecule has 1 N–H and O–H groups in total. The number of methoxy groups -OCH3 is 2. The van der Waals surface area contributed by atoms with Gasteiger partial charge in [0.15, 0.2) is 0 Å². The maximum atomic E-state index is 14.1. The highest BCUT2D eigenvalue weighted by Gasteiger charge is 2.43. The Hall–Kier alpha value is -3.68. The van der Waals surface area contributed by atoms with Crippen LogP contribution in [0, 0.1) is 12.8 Å². The normalized spacial score (nSPS) is 19.3. The van der Waals surface area contributed by atoms with Gasteiger partial charge >= 0.3 is 0 Å². The van der Waals surface area contributed by atoms with Gasteiger partial charge in [0.25, 0.3) is 0 Å². The van der Waals surface area contributed by atoms with Crippen LogP contribution < -0.4 is 19.7 Å². The molecule has 3 atom stereocenters. The van der Waals surface area contributed by atoms with Crippen LogP contribution in [0.2, 0.25) is 0 Å². The van der Waals surface area contributed by atoms with Crippen LogP contribution in [0.3, 0.4) is 0 Å². The lowest BCUT2D eigenvalue weighted by molar-refractivity contribution is -0.119. The standard InChI is InChI=1S/C39H53N3O8S/c1-29-8-15-35(16-9-29)51(44,45)42-26-33(25-40-30(2)43)39(32-11-13-34(14-12-32)48-22-6-5-20-46-3)38(27-42)50-28-31-10-17-37-36(24-31)41(19-23-49-37)18-7-21-47-4/h8-17,24,33,38-39H,5-7,18-23,25-28H2,1-4H3,(H,40,43)/t33-,38+,39+/m1/s1. The van der Waals surface area contributed by atoms with Crippen molar-refractivity contribution in [2.75, 3.05) is 78.3 Å². The molecule has 1 saturated heterocycles. The largest absolute Gasteiger partial charge is 0.494 e. The third-order valence-corrected chi connectivity index (χ3v) is 11.3. The van der Waals surface area contributed by atoms with Crippen LogP contribution in [0.15, 0.2) is 71.6 Å². The molecule has 1 fully saturated rings. The first-order valence-electron chi connectivity index (χ1n) is 17.8. The predicted molar refractivity (Wildman–Crippen MR) is 197 cm³/mol. The highest BCUT2D eigenvalue weighted by atomic mass is 32.2. The number of nitrogens with zero attached hydrogens (tertiary/aromatic N) is 2. The monoisotopic (exact) mass is 723 g/mol. The first-order valence-corrected chi connectivity index (χ1v) is 19.3. The van der Waals surface area contributed by atoms with E-state index < -0.39 is 16.1 Å². The molecular weight excluding hydrogens is 671 g/mol. The second-order valence-electron chi connectivity index (χ2n) is 13.3. The molecule has 5 rings (SSSR count). The fourth-order valence-corrected chi connectivity index (χ4v) is 8.31. The molecule has 0 bridgehead atoms. The number of unbranched alkanes of at least 4 members (excludes halogenated alkanes) is 1. The van der Waals surface area contributed by atoms with E-state index in [0.717, 1.165) is 66.2 Å². The lowest BCUT2D eigenvalue weighted by Gasteiger charge is -2.43. The number of rotatable bonds is 18. The average molecular weight is 724 g/mol. The highest BCUT2D eigenvalue weighted by molar-refractivity contribution is 7.89. The van der Waals surface area contributed by atoms with Crippen LogP contribution in [0.4, 0.5) is 5.69 Å². The number of nitrogens with one attached hydrogen (secondary N) is 1. The second kappa shape index (κ2) is 18.7. The second-order valence-corrected chi connectivity index (χ2v) is 15.2. The maximum absolute atomic E-state index is 14.1. The first kappa shape index (κ1) is 38.5. The van der Waals surface area contributed by atoms with Crippen molar-refractivity contribution in [1.82, 2.24) is 9.62 Å². The quantitative estimate of drug-likeness (QED) is 0.178. The fourth-order valence-electron chi connectivity index (χ4n) is 6.80. The van der Waals surface area contributed by atoms with Gasteiger partial charge in [0, 0.05) is 66.5 Å². The van der Waals surface area contributed by atoms with Gasteiger partial charge in [-0.05, 0) is 79.6 Å². The fraction of sp³-hybridized carbons (Fsp3) is 0.513. The molecule has 0 radical (unpaired) electrons. The van der Waals surface area contributed by atoms with Gasteiger partial charge in [-0.1, -0.05) is 35.9 Å². The summed E-state index contributed by atoms with van der Waals surface area (Å²) < 4.78 is 58.8. The van der Waals surface area contributed by atoms with Crippen LogP contribution >= 0.6 is 0 Å². The molecule has 0 aliphatic carbocycles. The van der Waals surface area contributed by atoms with E-state index in [1.165, 1.54) is 11.2 Å². The SMILES string of the molecule is COCCCCOc1ccc([C@H]2[C@H](CNC(C)=O)CN(S(=O)(=O)c3ccc(C)cc3)C[C@@H]2OCc2ccc3c(c2)N(CCCOC)CCO3)cc1. The van der Waals surface area contributed by atoms with Gasteiger partial charge in [0.1, 0.15) is 18.1 Å². The number of piperidine rings is 1. The van der Waals surface area contributed by atoms with E-state index in [4.69, 9.17) is 23.7 Å². The van der Waals surface area contributed by atoms with E-state index in [-0.39, 0.29) is 42.3 Å². The number of carbonyl (C=O) groups is 1. The first-order chi connectivity index (χ1) is 24.7. The summed E-state index contributed by atoms with van der Waals surface area (Å²) in [6.07, 6.45) is 2.20. The van der Waals surface area contributed by atoms with Crippen LogP contribution in [-0.4, -0.2) is 98.1 Å². The van der Waals surface area contributed by atoms with Crippen molar-refractivity contribution >= 4 is 21.6 Å². The molecular formula is C39H53N3O8S. The Morgan fingerprint density at radius 3 is 2.37 bits per heavy atom. The van der Waals surface area contributed by atoms with Crippen LogP contribution in [0.5, 0.6) is 11.5 Å². The Balaban J connectivity index is 1.43. The summed E-state index contributed by atoms with van der Waals surface area (Å²) >= 11 is 0. The third-order valence-electron chi connectivity index (χ3n) is 9.50. The van der Waals surface area contributed by atoms with Crippen LogP contribution in [0.25, 0.3) is 0 Å². The zero-order valence-corrected chi connectivity index (χ0v) is 31.2. The molecule has 0 spiro atoms. The van der Waals surface area contributed by atoms with Crippen LogP contribution in [0.1, 0.15) is 48.8 Å². The van der Waals surface area contributed by atoms with Crippen molar-refractivity contribution in [2.24, 2.45) is 5.92 Å². The summed E-state index contributed by atoms with van der Waals surface area (Å²) in [5.41, 5.74) is 3.96. The number of fused-ring (bicyclic) bond motifs is 1. The molecule has 3 aromatic rings. The molecule has 278 valence electrons. The van der Waals surface area contributed by atoms with Crippen LogP contribution in [-0.2, 0) is 35.6 Å². The Labute approximate surface area is 303 Å². The average Bonchev–Trinajstić information content (AvgIpc) is 3.13. The zero-order chi connectivity index (χ0) is 36.2. The lowest BCUT2D eigenvalue weighted by Crippen LogP contribution is -2.53. The van der Waals surface area contributed by atoms with E-state index in [0.29, 0.717) is 33.0 Å². The Kier molecular flexibility index (Phi) is 14.1. The van der Waals surface area contributed by atoms with E-state index in [1.807, 2.05) is 55.5 Å². The Bertz CT molecular complexity index is 1650. The van der Waals surface area contributed by atoms with Gasteiger partial charge in [-0.3, -0.25) is 4.79 Å². The highest BCUT2D eigenvalue weighted by Crippen LogP contribution is 2.39. The Morgan fingerprint density at radius 2 is 1.65 bits per heavy atom. The number of hydrogen-bond acceptors (Lipinski definition) is 9. The summed E-state index contributed by atoms with van der Waals surface area (Å²) in [5.74, 6) is 0.959. The van der Waals surface area contributed by atoms with Gasteiger partial charge in [-0.2, -0.15) is 4.31 Å². The zero-order valence-electron chi connectivity index (χ0n) is 30.3. The van der Waals surface area contributed by atoms with E-state index >= 15 is 0 Å². The van der Waals surface area contributed by atoms with E-state index in [1.54, 1.807) is 26.4 Å².